The number of nitrogens with zero attached hydrogens (tertiary/aromatic N) is 3. The number of carbonyl (C=O) groups excluding carboxylic acids is 2. The van der Waals surface area contributed by atoms with Crippen LogP contribution < -0.4 is 10.6 Å². The first kappa shape index (κ1) is 23.4. The van der Waals surface area contributed by atoms with Crippen LogP contribution in [0.4, 0.5) is 5.69 Å². The first-order valence-electron chi connectivity index (χ1n) is 12.2. The van der Waals surface area contributed by atoms with Crippen molar-refractivity contribution in [2.45, 2.75) is 19.4 Å². The van der Waals surface area contributed by atoms with Gasteiger partial charge in [0.2, 0.25) is 5.91 Å². The Morgan fingerprint density at radius 3 is 2.42 bits per heavy atom. The van der Waals surface area contributed by atoms with Crippen molar-refractivity contribution in [1.29, 1.82) is 0 Å². The molecule has 5 rings (SSSR count). The summed E-state index contributed by atoms with van der Waals surface area (Å²) in [5.74, 6) is -0.758. The highest BCUT2D eigenvalue weighted by Gasteiger charge is 2.24. The molecular formula is C29H29N5O2. The number of nitrogens with two attached hydrogens (primary N) is 1. The fourth-order valence-electron chi connectivity index (χ4n) is 4.84. The summed E-state index contributed by atoms with van der Waals surface area (Å²) < 4.78 is 0. The van der Waals surface area contributed by atoms with Gasteiger partial charge in [-0.2, -0.15) is 0 Å². The molecule has 7 nitrogen and oxygen atoms in total. The summed E-state index contributed by atoms with van der Waals surface area (Å²) in [7, 11) is 0. The molecule has 4 aromatic rings. The van der Waals surface area contributed by atoms with Crippen molar-refractivity contribution in [1.82, 2.24) is 14.9 Å². The van der Waals surface area contributed by atoms with Crippen molar-refractivity contribution >= 4 is 17.5 Å². The Kier molecular flexibility index (Phi) is 6.80. The second-order valence-corrected chi connectivity index (χ2v) is 9.01. The van der Waals surface area contributed by atoms with E-state index in [9.17, 15) is 9.59 Å². The average molecular weight is 480 g/mol. The standard InChI is InChI=1S/C29H29N5O2/c30-28(35)25-10-4-5-11-26(25)29(36)33-14-6-9-23-17-22(21-7-2-1-3-8-21)12-13-27(23)34(16-15-33)19-24-18-31-20-32-24/h1-5,7-8,10-13,17-18,20H,6,9,14-16,19H2,(H2,30,35)(H,31,32). The Morgan fingerprint density at radius 2 is 1.67 bits per heavy atom. The summed E-state index contributed by atoms with van der Waals surface area (Å²) in [6.45, 7) is 2.41. The summed E-state index contributed by atoms with van der Waals surface area (Å²) in [6, 6.07) is 23.8. The Labute approximate surface area is 210 Å². The van der Waals surface area contributed by atoms with E-state index in [0.29, 0.717) is 31.7 Å². The number of carbonyl (C=O) groups is 2. The molecular weight excluding hydrogens is 450 g/mol. The van der Waals surface area contributed by atoms with Gasteiger partial charge >= 0.3 is 0 Å². The fourth-order valence-corrected chi connectivity index (χ4v) is 4.84. The molecule has 2 heterocycles. The van der Waals surface area contributed by atoms with E-state index in [2.05, 4.69) is 57.3 Å². The fraction of sp³-hybridized carbons (Fsp3) is 0.207. The number of benzene rings is 3. The van der Waals surface area contributed by atoms with Crippen LogP contribution in [-0.4, -0.2) is 46.3 Å². The highest BCUT2D eigenvalue weighted by atomic mass is 16.2. The van der Waals surface area contributed by atoms with Crippen LogP contribution in [0.25, 0.3) is 11.1 Å². The van der Waals surface area contributed by atoms with Gasteiger partial charge in [0.15, 0.2) is 0 Å². The number of fused-ring (bicyclic) bond motifs is 1. The van der Waals surface area contributed by atoms with E-state index in [1.165, 1.54) is 16.7 Å². The Balaban J connectivity index is 1.46. The minimum absolute atomic E-state index is 0.165. The van der Waals surface area contributed by atoms with Crippen LogP contribution in [0, 0.1) is 0 Å². The van der Waals surface area contributed by atoms with Gasteiger partial charge in [-0.25, -0.2) is 4.98 Å². The molecule has 1 aliphatic rings. The Morgan fingerprint density at radius 1 is 0.889 bits per heavy atom. The first-order valence-corrected chi connectivity index (χ1v) is 12.2. The third-order valence-corrected chi connectivity index (χ3v) is 6.67. The maximum Gasteiger partial charge on any atom is 0.254 e. The lowest BCUT2D eigenvalue weighted by Gasteiger charge is -2.29. The third-order valence-electron chi connectivity index (χ3n) is 6.67. The molecule has 1 aliphatic heterocycles. The van der Waals surface area contributed by atoms with Gasteiger partial charge < -0.3 is 20.5 Å². The zero-order chi connectivity index (χ0) is 24.9. The number of anilines is 1. The molecule has 0 unspecified atom stereocenters. The van der Waals surface area contributed by atoms with Gasteiger partial charge in [0.1, 0.15) is 0 Å². The van der Waals surface area contributed by atoms with Crippen molar-refractivity contribution < 1.29 is 9.59 Å². The van der Waals surface area contributed by atoms with Gasteiger partial charge in [0.05, 0.1) is 29.7 Å². The number of aromatic amines is 1. The summed E-state index contributed by atoms with van der Waals surface area (Å²) >= 11 is 0. The van der Waals surface area contributed by atoms with E-state index in [0.717, 1.165) is 24.2 Å². The van der Waals surface area contributed by atoms with Crippen molar-refractivity contribution in [2.75, 3.05) is 24.5 Å². The van der Waals surface area contributed by atoms with Gasteiger partial charge in [0.25, 0.3) is 5.91 Å². The van der Waals surface area contributed by atoms with Gasteiger partial charge in [-0.05, 0) is 53.8 Å². The van der Waals surface area contributed by atoms with Crippen LogP contribution in [0.2, 0.25) is 0 Å². The monoisotopic (exact) mass is 479 g/mol. The maximum absolute atomic E-state index is 13.5. The minimum Gasteiger partial charge on any atom is -0.366 e. The topological polar surface area (TPSA) is 95.3 Å². The predicted molar refractivity (Wildman–Crippen MR) is 141 cm³/mol. The van der Waals surface area contributed by atoms with E-state index in [4.69, 9.17) is 5.73 Å². The Hall–Kier alpha value is -4.39. The van der Waals surface area contributed by atoms with Gasteiger partial charge in [0, 0.05) is 31.5 Å². The van der Waals surface area contributed by atoms with Gasteiger partial charge in [-0.1, -0.05) is 48.5 Å². The highest BCUT2D eigenvalue weighted by molar-refractivity contribution is 6.06. The quantitative estimate of drug-likeness (QED) is 0.447. The molecule has 0 spiro atoms. The lowest BCUT2D eigenvalue weighted by Crippen LogP contribution is -2.39. The molecule has 0 aliphatic carbocycles. The molecule has 3 aromatic carbocycles. The van der Waals surface area contributed by atoms with Crippen molar-refractivity contribution in [2.24, 2.45) is 5.73 Å². The predicted octanol–water partition coefficient (Wildman–Crippen LogP) is 4.27. The number of aryl methyl sites for hydroxylation is 1. The first-order chi connectivity index (χ1) is 17.6. The summed E-state index contributed by atoms with van der Waals surface area (Å²) in [5, 5.41) is 0. The number of amides is 2. The number of imidazole rings is 1. The molecule has 0 bridgehead atoms. The summed E-state index contributed by atoms with van der Waals surface area (Å²) in [5.41, 5.74) is 11.9. The van der Waals surface area contributed by atoms with Crippen molar-refractivity contribution in [3.63, 3.8) is 0 Å². The average Bonchev–Trinajstić information content (AvgIpc) is 3.45. The van der Waals surface area contributed by atoms with Crippen LogP contribution in [0.3, 0.4) is 0 Å². The zero-order valence-electron chi connectivity index (χ0n) is 20.1. The second-order valence-electron chi connectivity index (χ2n) is 9.01. The number of primary amides is 1. The molecule has 0 atom stereocenters. The summed E-state index contributed by atoms with van der Waals surface area (Å²) in [6.07, 6.45) is 5.16. The van der Waals surface area contributed by atoms with Crippen LogP contribution in [0.5, 0.6) is 0 Å². The lowest BCUT2D eigenvalue weighted by atomic mass is 9.98. The number of nitrogens with one attached hydrogen (secondary N) is 1. The van der Waals surface area contributed by atoms with Crippen LogP contribution in [-0.2, 0) is 13.0 Å². The lowest BCUT2D eigenvalue weighted by molar-refractivity contribution is 0.0753. The van der Waals surface area contributed by atoms with E-state index in [1.807, 2.05) is 17.2 Å². The number of hydrogen-bond donors (Lipinski definition) is 2. The van der Waals surface area contributed by atoms with Crippen LogP contribution >= 0.6 is 0 Å². The largest absolute Gasteiger partial charge is 0.366 e. The number of H-pyrrole nitrogens is 1. The van der Waals surface area contributed by atoms with E-state index >= 15 is 0 Å². The second kappa shape index (κ2) is 10.5. The highest BCUT2D eigenvalue weighted by Crippen LogP contribution is 2.30. The molecule has 3 N–H and O–H groups in total. The molecule has 182 valence electrons. The normalized spacial score (nSPS) is 13.9. The smallest absolute Gasteiger partial charge is 0.254 e. The molecule has 0 saturated heterocycles. The van der Waals surface area contributed by atoms with Crippen LogP contribution in [0.1, 0.15) is 38.4 Å². The van der Waals surface area contributed by atoms with E-state index in [-0.39, 0.29) is 11.5 Å². The van der Waals surface area contributed by atoms with Crippen molar-refractivity contribution in [3.8, 4) is 11.1 Å². The summed E-state index contributed by atoms with van der Waals surface area (Å²) in [4.78, 5) is 37.0. The van der Waals surface area contributed by atoms with Crippen molar-refractivity contribution in [3.05, 3.63) is 108 Å². The SMILES string of the molecule is NC(=O)c1ccccc1C(=O)N1CCCc2cc(-c3ccccc3)ccc2N(Cc2cnc[nH]2)CC1. The molecule has 0 radical (unpaired) electrons. The molecule has 7 heteroatoms. The van der Waals surface area contributed by atoms with E-state index < -0.39 is 5.91 Å². The minimum atomic E-state index is -0.593. The number of hydrogen-bond acceptors (Lipinski definition) is 4. The number of rotatable bonds is 5. The maximum atomic E-state index is 13.5. The zero-order valence-corrected chi connectivity index (χ0v) is 20.1. The molecule has 1 aromatic heterocycles. The Bertz CT molecular complexity index is 1350. The van der Waals surface area contributed by atoms with Gasteiger partial charge in [-0.15, -0.1) is 0 Å². The molecule has 2 amide bonds. The molecule has 0 fully saturated rings. The molecule has 36 heavy (non-hydrogen) atoms. The van der Waals surface area contributed by atoms with E-state index in [1.54, 1.807) is 30.6 Å². The number of aromatic nitrogens is 2. The van der Waals surface area contributed by atoms with Crippen LogP contribution in [0.15, 0.2) is 85.3 Å². The third kappa shape index (κ3) is 5.00. The van der Waals surface area contributed by atoms with Gasteiger partial charge in [-0.3, -0.25) is 9.59 Å². The molecule has 0 saturated carbocycles.